The van der Waals surface area contributed by atoms with E-state index in [1.54, 1.807) is 0 Å². The van der Waals surface area contributed by atoms with E-state index in [0.29, 0.717) is 0 Å². The van der Waals surface area contributed by atoms with Gasteiger partial charge in [0.25, 0.3) is 0 Å². The van der Waals surface area contributed by atoms with Crippen LogP contribution in [0.15, 0.2) is 12.2 Å². The molecule has 1 aliphatic rings. The van der Waals surface area contributed by atoms with Gasteiger partial charge in [-0.2, -0.15) is 0 Å². The molecule has 0 bridgehead atoms. The molecule has 0 atom stereocenters. The normalized spacial score (nSPS) is 19.7. The van der Waals surface area contributed by atoms with Crippen molar-refractivity contribution in [3.05, 3.63) is 12.2 Å². The molecule has 0 amide bonds. The Bertz CT molecular complexity index is 127. The van der Waals surface area contributed by atoms with Crippen LogP contribution in [-0.4, -0.2) is 31.7 Å². The molecule has 0 N–H and O–H groups in total. The smallest absolute Gasteiger partial charge is 0.0959 e. The Balaban J connectivity index is 0.000000810. The van der Waals surface area contributed by atoms with Crippen molar-refractivity contribution < 1.29 is 28.5 Å². The van der Waals surface area contributed by atoms with Crippen LogP contribution in [0.25, 0.3) is 0 Å². The Morgan fingerprint density at radius 3 is 1.80 bits per heavy atom. The second-order valence-electron chi connectivity index (χ2n) is 3.93. The van der Waals surface area contributed by atoms with E-state index >= 15 is 0 Å². The highest BCUT2D eigenvalue weighted by Crippen LogP contribution is 2.30. The maximum atomic E-state index is 3.91. The minimum atomic E-state index is 0. The molecule has 60 valence electrons. The molecule has 0 heterocycles. The molecule has 10 heavy (non-hydrogen) atoms. The highest BCUT2D eigenvalue weighted by Gasteiger charge is 2.32. The van der Waals surface area contributed by atoms with E-state index in [1.807, 2.05) is 0 Å². The number of hydrogen-bond acceptors (Lipinski definition) is 0. The zero-order chi connectivity index (χ0) is 7.07. The summed E-state index contributed by atoms with van der Waals surface area (Å²) in [5.41, 5.74) is 1.42. The van der Waals surface area contributed by atoms with Gasteiger partial charge in [-0.15, -0.1) is 0 Å². The highest BCUT2D eigenvalue weighted by molar-refractivity contribution is 5.08. The van der Waals surface area contributed by atoms with E-state index in [4.69, 9.17) is 0 Å². The molecule has 1 fully saturated rings. The van der Waals surface area contributed by atoms with Gasteiger partial charge in [0.2, 0.25) is 0 Å². The lowest BCUT2D eigenvalue weighted by Gasteiger charge is -2.40. The molecule has 2 heteroatoms. The molecule has 0 aromatic carbocycles. The fourth-order valence-corrected chi connectivity index (χ4v) is 1.15. The largest absolute Gasteiger partial charge is 1.00 e. The van der Waals surface area contributed by atoms with Crippen molar-refractivity contribution in [2.45, 2.75) is 18.9 Å². The minimum Gasteiger partial charge on any atom is -1.00 e. The van der Waals surface area contributed by atoms with Gasteiger partial charge in [-0.25, -0.2) is 0 Å². The zero-order valence-corrected chi connectivity index (χ0v) is 9.18. The third-order valence-electron chi connectivity index (χ3n) is 2.14. The van der Waals surface area contributed by atoms with Gasteiger partial charge >= 0.3 is 0 Å². The maximum Gasteiger partial charge on any atom is 0.0959 e. The van der Waals surface area contributed by atoms with Crippen LogP contribution in [0.4, 0.5) is 0 Å². The lowest BCUT2D eigenvalue weighted by molar-refractivity contribution is -0.899. The van der Waals surface area contributed by atoms with Crippen LogP contribution in [-0.2, 0) is 0 Å². The first kappa shape index (κ1) is 10.4. The molecule has 0 aromatic heterocycles. The molecule has 0 unspecified atom stereocenters. The summed E-state index contributed by atoms with van der Waals surface area (Å²) in [6, 6.07) is 0.845. The van der Waals surface area contributed by atoms with Crippen LogP contribution in [0.5, 0.6) is 0 Å². The highest BCUT2D eigenvalue weighted by atomic mass is 127. The summed E-state index contributed by atoms with van der Waals surface area (Å²) in [7, 11) is 6.74. The average Bonchev–Trinajstić information content (AvgIpc) is 1.55. The number of nitrogens with zero attached hydrogens (tertiary/aromatic N) is 1. The summed E-state index contributed by atoms with van der Waals surface area (Å²) in [6.07, 6.45) is 2.48. The lowest BCUT2D eigenvalue weighted by Crippen LogP contribution is -3.00. The van der Waals surface area contributed by atoms with Gasteiger partial charge < -0.3 is 28.5 Å². The standard InChI is InChI=1S/C8H16N.HI/c1-7-5-8(6-7)9(2,3)4;/h8H,1,5-6H2,2-4H3;1H/q+1;/p-1. The first-order valence-electron chi connectivity index (χ1n) is 3.48. The number of quaternary nitrogens is 1. The van der Waals surface area contributed by atoms with Crippen LogP contribution in [0, 0.1) is 0 Å². The summed E-state index contributed by atoms with van der Waals surface area (Å²) in [6.45, 7) is 3.91. The Hall–Kier alpha value is 0.430. The van der Waals surface area contributed by atoms with E-state index in [9.17, 15) is 0 Å². The van der Waals surface area contributed by atoms with E-state index in [0.717, 1.165) is 10.5 Å². The Morgan fingerprint density at radius 1 is 1.30 bits per heavy atom. The van der Waals surface area contributed by atoms with Crippen LogP contribution in [0.2, 0.25) is 0 Å². The van der Waals surface area contributed by atoms with Gasteiger partial charge in [-0.05, 0) is 0 Å². The fourth-order valence-electron chi connectivity index (χ4n) is 1.15. The van der Waals surface area contributed by atoms with Crippen LogP contribution >= 0.6 is 0 Å². The van der Waals surface area contributed by atoms with Crippen molar-refractivity contribution >= 4 is 0 Å². The summed E-state index contributed by atoms with van der Waals surface area (Å²) < 4.78 is 1.10. The first-order valence-corrected chi connectivity index (χ1v) is 3.48. The number of rotatable bonds is 1. The Labute approximate surface area is 80.7 Å². The minimum absolute atomic E-state index is 0. The van der Waals surface area contributed by atoms with Crippen LogP contribution in [0.1, 0.15) is 12.8 Å². The molecule has 0 aliphatic heterocycles. The molecule has 0 radical (unpaired) electrons. The fraction of sp³-hybridized carbons (Fsp3) is 0.750. The molecule has 1 saturated carbocycles. The van der Waals surface area contributed by atoms with E-state index in [2.05, 4.69) is 27.7 Å². The molecule has 0 aromatic rings. The van der Waals surface area contributed by atoms with Crippen molar-refractivity contribution in [2.75, 3.05) is 21.1 Å². The molecular formula is C8H16IN. The van der Waals surface area contributed by atoms with Gasteiger partial charge in [0.15, 0.2) is 0 Å². The van der Waals surface area contributed by atoms with Crippen molar-refractivity contribution in [3.63, 3.8) is 0 Å². The predicted molar refractivity (Wildman–Crippen MR) is 40.2 cm³/mol. The second-order valence-corrected chi connectivity index (χ2v) is 3.93. The summed E-state index contributed by atoms with van der Waals surface area (Å²) >= 11 is 0. The Kier molecular flexibility index (Phi) is 3.36. The van der Waals surface area contributed by atoms with Gasteiger partial charge in [0, 0.05) is 12.8 Å². The summed E-state index contributed by atoms with van der Waals surface area (Å²) in [5, 5.41) is 0. The third-order valence-corrected chi connectivity index (χ3v) is 2.14. The molecule has 1 rings (SSSR count). The van der Waals surface area contributed by atoms with Crippen molar-refractivity contribution in [2.24, 2.45) is 0 Å². The summed E-state index contributed by atoms with van der Waals surface area (Å²) in [4.78, 5) is 0. The Morgan fingerprint density at radius 2 is 1.70 bits per heavy atom. The number of hydrogen-bond donors (Lipinski definition) is 0. The van der Waals surface area contributed by atoms with Crippen LogP contribution in [0.3, 0.4) is 0 Å². The molecular weight excluding hydrogens is 237 g/mol. The number of halogens is 1. The van der Waals surface area contributed by atoms with Crippen LogP contribution < -0.4 is 24.0 Å². The first-order chi connectivity index (χ1) is 4.00. The monoisotopic (exact) mass is 253 g/mol. The lowest BCUT2D eigenvalue weighted by atomic mass is 9.86. The maximum absolute atomic E-state index is 3.91. The van der Waals surface area contributed by atoms with E-state index in [1.165, 1.54) is 18.4 Å². The quantitative estimate of drug-likeness (QED) is 0.300. The predicted octanol–water partition coefficient (Wildman–Crippen LogP) is -1.58. The second kappa shape index (κ2) is 3.22. The topological polar surface area (TPSA) is 0 Å². The van der Waals surface area contributed by atoms with Crippen molar-refractivity contribution in [1.29, 1.82) is 0 Å². The molecule has 0 spiro atoms. The van der Waals surface area contributed by atoms with Crippen molar-refractivity contribution in [1.82, 2.24) is 0 Å². The van der Waals surface area contributed by atoms with Gasteiger partial charge in [-0.3, -0.25) is 0 Å². The zero-order valence-electron chi connectivity index (χ0n) is 7.02. The molecule has 1 nitrogen and oxygen atoms in total. The SMILES string of the molecule is C=C1CC([N+](C)(C)C)C1.[I-]. The molecule has 1 aliphatic carbocycles. The average molecular weight is 253 g/mol. The van der Waals surface area contributed by atoms with E-state index < -0.39 is 0 Å². The third kappa shape index (κ3) is 2.23. The van der Waals surface area contributed by atoms with Gasteiger partial charge in [0.1, 0.15) is 0 Å². The van der Waals surface area contributed by atoms with Gasteiger partial charge in [-0.1, -0.05) is 12.2 Å². The summed E-state index contributed by atoms with van der Waals surface area (Å²) in [5.74, 6) is 0. The van der Waals surface area contributed by atoms with Crippen molar-refractivity contribution in [3.8, 4) is 0 Å². The van der Waals surface area contributed by atoms with Gasteiger partial charge in [0.05, 0.1) is 27.2 Å². The molecule has 0 saturated heterocycles. The van der Waals surface area contributed by atoms with E-state index in [-0.39, 0.29) is 24.0 Å².